The topological polar surface area (TPSA) is 32.3 Å². The predicted octanol–water partition coefficient (Wildman–Crippen LogP) is 4.14. The highest BCUT2D eigenvalue weighted by Gasteiger charge is 2.23. The fraction of sp³-hybridized carbons (Fsp3) is 0.400. The molecular formula is C15H21ClN2O. The second-order valence-electron chi connectivity index (χ2n) is 5.22. The molecule has 0 saturated heterocycles. The number of nitrogens with zero attached hydrogens (tertiary/aromatic N) is 1. The number of amides is 2. The third-order valence-electron chi connectivity index (χ3n) is 2.75. The lowest BCUT2D eigenvalue weighted by atomic mass is 10.1. The van der Waals surface area contributed by atoms with Crippen molar-refractivity contribution < 1.29 is 4.79 Å². The van der Waals surface area contributed by atoms with Gasteiger partial charge in [-0.15, -0.1) is 0 Å². The molecule has 0 bridgehead atoms. The van der Waals surface area contributed by atoms with Crippen molar-refractivity contribution in [3.63, 3.8) is 0 Å². The van der Waals surface area contributed by atoms with E-state index >= 15 is 0 Å². The van der Waals surface area contributed by atoms with E-state index in [0.29, 0.717) is 11.6 Å². The number of carbonyl (C=O) groups excluding carboxylic acids is 1. The summed E-state index contributed by atoms with van der Waals surface area (Å²) >= 11 is 6.03. The highest BCUT2D eigenvalue weighted by Crippen LogP contribution is 2.16. The maximum atomic E-state index is 12.0. The molecule has 2 amide bonds. The van der Waals surface area contributed by atoms with Crippen LogP contribution in [0.2, 0.25) is 5.02 Å². The summed E-state index contributed by atoms with van der Waals surface area (Å²) in [7, 11) is 0. The van der Waals surface area contributed by atoms with E-state index in [1.54, 1.807) is 17.2 Å². The lowest BCUT2D eigenvalue weighted by molar-refractivity contribution is 0.153. The smallest absolute Gasteiger partial charge is 0.320 e. The van der Waals surface area contributed by atoms with Gasteiger partial charge in [0.25, 0.3) is 0 Å². The molecule has 0 unspecified atom stereocenters. The number of halogens is 1. The van der Waals surface area contributed by atoms with Crippen LogP contribution in [0.25, 0.3) is 6.08 Å². The molecule has 1 aromatic carbocycles. The fourth-order valence-electron chi connectivity index (χ4n) is 1.81. The molecule has 0 aromatic heterocycles. The van der Waals surface area contributed by atoms with Gasteiger partial charge >= 0.3 is 6.03 Å². The summed E-state index contributed by atoms with van der Waals surface area (Å²) in [5.41, 5.74) is 0.681. The van der Waals surface area contributed by atoms with Gasteiger partial charge in [-0.1, -0.05) is 29.8 Å². The standard InChI is InChI=1S/C15H21ClN2O/c1-5-18(15(2,3)4)14(19)17-11-10-12-8-6-7-9-13(12)16/h6-11H,5H2,1-4H3,(H,17,19)/b11-10+. The van der Waals surface area contributed by atoms with Crippen LogP contribution in [-0.4, -0.2) is 23.0 Å². The van der Waals surface area contributed by atoms with E-state index in [0.717, 1.165) is 5.56 Å². The normalized spacial score (nSPS) is 11.6. The predicted molar refractivity (Wildman–Crippen MR) is 81.2 cm³/mol. The molecule has 0 aliphatic heterocycles. The quantitative estimate of drug-likeness (QED) is 0.887. The summed E-state index contributed by atoms with van der Waals surface area (Å²) in [4.78, 5) is 13.8. The van der Waals surface area contributed by atoms with E-state index in [4.69, 9.17) is 11.6 Å². The van der Waals surface area contributed by atoms with E-state index < -0.39 is 0 Å². The van der Waals surface area contributed by atoms with E-state index in [2.05, 4.69) is 5.32 Å². The Kier molecular flexibility index (Phi) is 5.43. The van der Waals surface area contributed by atoms with Crippen LogP contribution in [0, 0.1) is 0 Å². The number of rotatable bonds is 3. The minimum Gasteiger partial charge on any atom is -0.320 e. The Bertz CT molecular complexity index is 463. The van der Waals surface area contributed by atoms with Crippen molar-refractivity contribution in [1.29, 1.82) is 0 Å². The zero-order valence-corrected chi connectivity index (χ0v) is 12.7. The van der Waals surface area contributed by atoms with Crippen molar-refractivity contribution >= 4 is 23.7 Å². The van der Waals surface area contributed by atoms with E-state index in [1.807, 2.05) is 52.0 Å². The lowest BCUT2D eigenvalue weighted by Gasteiger charge is -2.34. The van der Waals surface area contributed by atoms with E-state index in [1.165, 1.54) is 0 Å². The molecule has 0 heterocycles. The Hall–Kier alpha value is -1.48. The zero-order chi connectivity index (χ0) is 14.5. The fourth-order valence-corrected chi connectivity index (χ4v) is 2.01. The van der Waals surface area contributed by atoms with Gasteiger partial charge in [0, 0.05) is 23.3 Å². The minimum atomic E-state index is -0.197. The third kappa shape index (κ3) is 4.60. The number of carbonyl (C=O) groups is 1. The molecule has 0 radical (unpaired) electrons. The van der Waals surface area contributed by atoms with Crippen LogP contribution in [0.5, 0.6) is 0 Å². The number of urea groups is 1. The van der Waals surface area contributed by atoms with Gasteiger partial charge in [-0.3, -0.25) is 0 Å². The van der Waals surface area contributed by atoms with Crippen molar-refractivity contribution in [3.8, 4) is 0 Å². The molecule has 1 rings (SSSR count). The Balaban J connectivity index is 2.67. The van der Waals surface area contributed by atoms with Gasteiger partial charge in [0.1, 0.15) is 0 Å². The molecule has 1 N–H and O–H groups in total. The van der Waals surface area contributed by atoms with Gasteiger partial charge < -0.3 is 10.2 Å². The monoisotopic (exact) mass is 280 g/mol. The van der Waals surface area contributed by atoms with Crippen LogP contribution in [0.4, 0.5) is 4.79 Å². The highest BCUT2D eigenvalue weighted by atomic mass is 35.5. The summed E-state index contributed by atoms with van der Waals surface area (Å²) < 4.78 is 0. The number of benzene rings is 1. The van der Waals surface area contributed by atoms with Crippen molar-refractivity contribution in [1.82, 2.24) is 10.2 Å². The molecule has 0 spiro atoms. The molecule has 0 aliphatic rings. The molecule has 19 heavy (non-hydrogen) atoms. The van der Waals surface area contributed by atoms with Crippen molar-refractivity contribution in [3.05, 3.63) is 41.1 Å². The van der Waals surface area contributed by atoms with Crippen LogP contribution in [0.1, 0.15) is 33.3 Å². The second-order valence-corrected chi connectivity index (χ2v) is 5.63. The van der Waals surface area contributed by atoms with Gasteiger partial charge in [-0.2, -0.15) is 0 Å². The van der Waals surface area contributed by atoms with Crippen LogP contribution in [-0.2, 0) is 0 Å². The van der Waals surface area contributed by atoms with E-state index in [9.17, 15) is 4.79 Å². The average molecular weight is 281 g/mol. The Morgan fingerprint density at radius 3 is 2.53 bits per heavy atom. The van der Waals surface area contributed by atoms with Crippen LogP contribution < -0.4 is 5.32 Å². The van der Waals surface area contributed by atoms with Crippen molar-refractivity contribution in [2.45, 2.75) is 33.2 Å². The van der Waals surface area contributed by atoms with Gasteiger partial charge in [0.05, 0.1) is 0 Å². The largest absolute Gasteiger partial charge is 0.321 e. The highest BCUT2D eigenvalue weighted by molar-refractivity contribution is 6.32. The molecule has 0 fully saturated rings. The van der Waals surface area contributed by atoms with E-state index in [-0.39, 0.29) is 11.6 Å². The molecule has 1 aromatic rings. The van der Waals surface area contributed by atoms with Crippen LogP contribution in [0.15, 0.2) is 30.5 Å². The van der Waals surface area contributed by atoms with Gasteiger partial charge in [0.2, 0.25) is 0 Å². The lowest BCUT2D eigenvalue weighted by Crippen LogP contribution is -2.49. The SMILES string of the molecule is CCN(C(=O)N/C=C/c1ccccc1Cl)C(C)(C)C. The summed E-state index contributed by atoms with van der Waals surface area (Å²) in [6.07, 6.45) is 3.41. The Morgan fingerprint density at radius 1 is 1.37 bits per heavy atom. The Labute approximate surface area is 120 Å². The molecular weight excluding hydrogens is 260 g/mol. The van der Waals surface area contributed by atoms with Gasteiger partial charge in [-0.25, -0.2) is 4.79 Å². The summed E-state index contributed by atoms with van der Waals surface area (Å²) in [6, 6.07) is 7.37. The number of nitrogens with one attached hydrogen (secondary N) is 1. The maximum absolute atomic E-state index is 12.0. The number of hydrogen-bond donors (Lipinski definition) is 1. The Morgan fingerprint density at radius 2 is 2.00 bits per heavy atom. The minimum absolute atomic E-state index is 0.113. The third-order valence-corrected chi connectivity index (χ3v) is 3.09. The summed E-state index contributed by atoms with van der Waals surface area (Å²) in [5.74, 6) is 0. The summed E-state index contributed by atoms with van der Waals surface area (Å²) in [5, 5.41) is 3.43. The van der Waals surface area contributed by atoms with Crippen molar-refractivity contribution in [2.24, 2.45) is 0 Å². The number of hydrogen-bond acceptors (Lipinski definition) is 1. The molecule has 0 atom stereocenters. The van der Waals surface area contributed by atoms with Crippen LogP contribution >= 0.6 is 11.6 Å². The first kappa shape index (κ1) is 15.6. The molecule has 0 aliphatic carbocycles. The molecule has 3 nitrogen and oxygen atoms in total. The molecule has 104 valence electrons. The van der Waals surface area contributed by atoms with Gasteiger partial charge in [-0.05, 0) is 45.4 Å². The molecule has 0 saturated carbocycles. The van der Waals surface area contributed by atoms with Crippen molar-refractivity contribution in [2.75, 3.05) is 6.54 Å². The molecule has 4 heteroatoms. The summed E-state index contributed by atoms with van der Waals surface area (Å²) in [6.45, 7) is 8.65. The second kappa shape index (κ2) is 6.62. The maximum Gasteiger partial charge on any atom is 0.321 e. The zero-order valence-electron chi connectivity index (χ0n) is 11.9. The first-order chi connectivity index (χ1) is 8.86. The first-order valence-corrected chi connectivity index (χ1v) is 6.73. The average Bonchev–Trinajstić information content (AvgIpc) is 2.30. The first-order valence-electron chi connectivity index (χ1n) is 6.35. The van der Waals surface area contributed by atoms with Gasteiger partial charge in [0.15, 0.2) is 0 Å². The van der Waals surface area contributed by atoms with Crippen LogP contribution in [0.3, 0.4) is 0 Å².